The summed E-state index contributed by atoms with van der Waals surface area (Å²) >= 11 is 0. The van der Waals surface area contributed by atoms with Crippen molar-refractivity contribution in [2.24, 2.45) is 0 Å². The molecule has 1 aliphatic rings. The summed E-state index contributed by atoms with van der Waals surface area (Å²) in [6.07, 6.45) is 4.72. The van der Waals surface area contributed by atoms with Gasteiger partial charge in [-0.05, 0) is 51.8 Å². The predicted octanol–water partition coefficient (Wildman–Crippen LogP) is 3.36. The van der Waals surface area contributed by atoms with Gasteiger partial charge in [0, 0.05) is 48.2 Å². The molecule has 1 aromatic heterocycles. The molecule has 2 aromatic carbocycles. The van der Waals surface area contributed by atoms with Crippen LogP contribution in [0.3, 0.4) is 0 Å². The van der Waals surface area contributed by atoms with Gasteiger partial charge in [0.05, 0.1) is 17.6 Å². The largest absolute Gasteiger partial charge is 0.492 e. The first kappa shape index (κ1) is 28.8. The summed E-state index contributed by atoms with van der Waals surface area (Å²) in [7, 11) is 0. The van der Waals surface area contributed by atoms with E-state index in [9.17, 15) is 18.8 Å². The second-order valence-corrected chi connectivity index (χ2v) is 10.3. The lowest BCUT2D eigenvalue weighted by molar-refractivity contribution is -0.136. The summed E-state index contributed by atoms with van der Waals surface area (Å²) < 4.78 is 22.1. The van der Waals surface area contributed by atoms with Gasteiger partial charge in [0.2, 0.25) is 0 Å². The van der Waals surface area contributed by atoms with Crippen molar-refractivity contribution in [1.82, 2.24) is 20.2 Å². The van der Waals surface area contributed by atoms with Crippen LogP contribution < -0.4 is 26.2 Å². The molecule has 0 radical (unpaired) electrons. The highest BCUT2D eigenvalue weighted by atomic mass is 19.1. The number of hydrogen-bond acceptors (Lipinski definition) is 7. The van der Waals surface area contributed by atoms with Gasteiger partial charge < -0.3 is 25.8 Å². The number of aliphatic carboxylic acids is 1. The zero-order valence-electron chi connectivity index (χ0n) is 22.8. The van der Waals surface area contributed by atoms with Gasteiger partial charge in [-0.3, -0.25) is 19.0 Å². The number of amides is 1. The maximum atomic E-state index is 14.8. The molecule has 0 atom stereocenters. The molecule has 1 heterocycles. The van der Waals surface area contributed by atoms with Crippen LogP contribution in [0.2, 0.25) is 0 Å². The number of carboxylic acids is 1. The molecular weight excluding hydrogens is 517 g/mol. The maximum absolute atomic E-state index is 14.8. The van der Waals surface area contributed by atoms with Crippen molar-refractivity contribution in [1.29, 1.82) is 0 Å². The lowest BCUT2D eigenvalue weighted by Crippen LogP contribution is -2.34. The fraction of sp³-hybridized carbons (Fsp3) is 0.379. The van der Waals surface area contributed by atoms with Crippen molar-refractivity contribution in [3.63, 3.8) is 0 Å². The highest BCUT2D eigenvalue weighted by Gasteiger charge is 2.27. The number of benzene rings is 2. The third-order valence-electron chi connectivity index (χ3n) is 6.64. The Kier molecular flexibility index (Phi) is 8.83. The third kappa shape index (κ3) is 7.03. The molecule has 4 N–H and O–H groups in total. The maximum Gasteiger partial charge on any atom is 0.304 e. The first-order valence-electron chi connectivity index (χ1n) is 13.2. The molecule has 10 nitrogen and oxygen atoms in total. The fourth-order valence-electron chi connectivity index (χ4n) is 4.25. The number of carbonyl (C=O) groups excluding carboxylic acids is 1. The number of anilines is 1. The van der Waals surface area contributed by atoms with E-state index < -0.39 is 22.9 Å². The molecule has 1 saturated carbocycles. The van der Waals surface area contributed by atoms with E-state index in [-0.39, 0.29) is 41.0 Å². The zero-order valence-corrected chi connectivity index (χ0v) is 22.8. The van der Waals surface area contributed by atoms with Crippen molar-refractivity contribution >= 4 is 17.7 Å². The van der Waals surface area contributed by atoms with Gasteiger partial charge in [-0.15, -0.1) is 0 Å². The van der Waals surface area contributed by atoms with Gasteiger partial charge in [0.1, 0.15) is 18.2 Å². The number of halogens is 1. The molecule has 0 saturated heterocycles. The molecule has 0 bridgehead atoms. The van der Waals surface area contributed by atoms with Crippen molar-refractivity contribution in [2.45, 2.75) is 51.6 Å². The van der Waals surface area contributed by atoms with Gasteiger partial charge in [-0.25, -0.2) is 9.37 Å². The van der Waals surface area contributed by atoms with Gasteiger partial charge in [-0.1, -0.05) is 18.2 Å². The molecular formula is C29H34FN5O5. The molecule has 0 spiro atoms. The van der Waals surface area contributed by atoms with Crippen LogP contribution in [0.15, 0.2) is 53.6 Å². The molecule has 212 valence electrons. The fourth-order valence-corrected chi connectivity index (χ4v) is 4.25. The number of nitrogens with one attached hydrogen (secondary N) is 3. The first-order valence-corrected chi connectivity index (χ1v) is 13.2. The van der Waals surface area contributed by atoms with E-state index in [1.54, 1.807) is 6.92 Å². The molecule has 1 fully saturated rings. The third-order valence-corrected chi connectivity index (χ3v) is 6.64. The molecule has 3 aromatic rings. The number of rotatable bonds is 13. The molecule has 1 amide bonds. The Morgan fingerprint density at radius 2 is 1.95 bits per heavy atom. The van der Waals surface area contributed by atoms with Crippen LogP contribution >= 0.6 is 0 Å². The average molecular weight is 552 g/mol. The Hall–Kier alpha value is -4.25. The zero-order chi connectivity index (χ0) is 28.9. The normalized spacial score (nSPS) is 13.1. The standard InChI is InChI=1S/C29H34FN5O5/c1-18-22(30)16-19(27(38)33-20-8-9-20)17-23(18)35-14-12-32-26(28(35)39)34-29(2,3)21-6-4-5-7-24(21)40-15-13-31-11-10-25(36)37/h4-7,12,14,16-17,20,31H,8-11,13,15H2,1-3H3,(H,32,34)(H,33,38)(H,36,37). The van der Waals surface area contributed by atoms with Crippen LogP contribution in [-0.4, -0.2) is 52.3 Å². The average Bonchev–Trinajstić information content (AvgIpc) is 3.73. The molecule has 1 aliphatic carbocycles. The Labute approximate surface area is 231 Å². The minimum absolute atomic E-state index is 0.0270. The summed E-state index contributed by atoms with van der Waals surface area (Å²) in [5.41, 5.74) is 0.111. The number of para-hydroxylation sites is 1. The Morgan fingerprint density at radius 3 is 2.67 bits per heavy atom. The summed E-state index contributed by atoms with van der Waals surface area (Å²) in [4.78, 5) is 41.1. The van der Waals surface area contributed by atoms with Crippen LogP contribution in [-0.2, 0) is 10.3 Å². The van der Waals surface area contributed by atoms with E-state index >= 15 is 0 Å². The Balaban J connectivity index is 1.55. The number of hydrogen-bond donors (Lipinski definition) is 4. The number of aromatic nitrogens is 2. The Bertz CT molecular complexity index is 1450. The summed E-state index contributed by atoms with van der Waals surface area (Å²) in [5.74, 6) is -1.18. The van der Waals surface area contributed by atoms with Gasteiger partial charge >= 0.3 is 5.97 Å². The predicted molar refractivity (Wildman–Crippen MR) is 149 cm³/mol. The monoisotopic (exact) mass is 551 g/mol. The van der Waals surface area contributed by atoms with Gasteiger partial charge in [0.25, 0.3) is 11.5 Å². The van der Waals surface area contributed by atoms with Gasteiger partial charge in [0.15, 0.2) is 5.82 Å². The van der Waals surface area contributed by atoms with E-state index in [1.807, 2.05) is 38.1 Å². The van der Waals surface area contributed by atoms with Crippen LogP contribution in [0.25, 0.3) is 5.69 Å². The van der Waals surface area contributed by atoms with Crippen molar-refractivity contribution in [3.8, 4) is 11.4 Å². The quantitative estimate of drug-likeness (QED) is 0.238. The molecule has 0 aliphatic heterocycles. The summed E-state index contributed by atoms with van der Waals surface area (Å²) in [5, 5.41) is 17.8. The smallest absolute Gasteiger partial charge is 0.304 e. The molecule has 40 heavy (non-hydrogen) atoms. The number of carboxylic acid groups (broad SMARTS) is 1. The highest BCUT2D eigenvalue weighted by Crippen LogP contribution is 2.32. The van der Waals surface area contributed by atoms with E-state index in [0.29, 0.717) is 25.4 Å². The van der Waals surface area contributed by atoms with Crippen molar-refractivity contribution in [3.05, 3.63) is 81.7 Å². The lowest BCUT2D eigenvalue weighted by atomic mass is 9.93. The Morgan fingerprint density at radius 1 is 1.20 bits per heavy atom. The van der Waals surface area contributed by atoms with E-state index in [0.717, 1.165) is 18.4 Å². The highest BCUT2D eigenvalue weighted by molar-refractivity contribution is 5.95. The molecule has 11 heteroatoms. The minimum Gasteiger partial charge on any atom is -0.492 e. The molecule has 0 unspecified atom stereocenters. The SMILES string of the molecule is Cc1c(F)cc(C(=O)NC2CC2)cc1-n1ccnc(NC(C)(C)c2ccccc2OCCNCCC(=O)O)c1=O. The minimum atomic E-state index is -0.868. The molecule has 4 rings (SSSR count). The van der Waals surface area contributed by atoms with Crippen LogP contribution in [0.4, 0.5) is 10.2 Å². The topological polar surface area (TPSA) is 135 Å². The summed E-state index contributed by atoms with van der Waals surface area (Å²) in [6.45, 7) is 6.45. The van der Waals surface area contributed by atoms with E-state index in [4.69, 9.17) is 9.84 Å². The van der Waals surface area contributed by atoms with E-state index in [2.05, 4.69) is 20.9 Å². The van der Waals surface area contributed by atoms with Crippen molar-refractivity contribution in [2.75, 3.05) is 25.0 Å². The summed E-state index contributed by atoms with van der Waals surface area (Å²) in [6, 6.07) is 10.2. The second-order valence-electron chi connectivity index (χ2n) is 10.3. The van der Waals surface area contributed by atoms with E-state index in [1.165, 1.54) is 29.1 Å². The van der Waals surface area contributed by atoms with Crippen molar-refractivity contribution < 1.29 is 23.8 Å². The van der Waals surface area contributed by atoms with Crippen LogP contribution in [0, 0.1) is 12.7 Å². The number of nitrogens with zero attached hydrogens (tertiary/aromatic N) is 2. The van der Waals surface area contributed by atoms with Crippen LogP contribution in [0.5, 0.6) is 5.75 Å². The number of ether oxygens (including phenoxy) is 1. The second kappa shape index (κ2) is 12.3. The lowest BCUT2D eigenvalue weighted by Gasteiger charge is -2.29. The van der Waals surface area contributed by atoms with Gasteiger partial charge in [-0.2, -0.15) is 0 Å². The van der Waals surface area contributed by atoms with Crippen LogP contribution in [0.1, 0.15) is 54.6 Å². The first-order chi connectivity index (χ1) is 19.1. The number of carbonyl (C=O) groups is 2.